The van der Waals surface area contributed by atoms with Crippen LogP contribution in [0.4, 0.5) is 0 Å². The Kier molecular flexibility index (Phi) is 5.51. The molecule has 1 aliphatic carbocycles. The first-order valence-corrected chi connectivity index (χ1v) is 8.35. The molecule has 2 fully saturated rings. The molecule has 1 saturated heterocycles. The van der Waals surface area contributed by atoms with Crippen LogP contribution in [0.1, 0.15) is 58.3 Å². The van der Waals surface area contributed by atoms with Gasteiger partial charge >= 0.3 is 0 Å². The summed E-state index contributed by atoms with van der Waals surface area (Å²) in [5, 5.41) is 3.90. The molecule has 0 aromatic carbocycles. The topological polar surface area (TPSA) is 12.0 Å². The summed E-state index contributed by atoms with van der Waals surface area (Å²) >= 11 is 2.12. The summed E-state index contributed by atoms with van der Waals surface area (Å²) < 4.78 is 0. The van der Waals surface area contributed by atoms with Crippen LogP contribution in [-0.4, -0.2) is 23.6 Å². The Morgan fingerprint density at radius 3 is 2.19 bits per heavy atom. The quantitative estimate of drug-likeness (QED) is 0.754. The monoisotopic (exact) mass is 241 g/mol. The van der Waals surface area contributed by atoms with Gasteiger partial charge in [0, 0.05) is 12.1 Å². The van der Waals surface area contributed by atoms with Gasteiger partial charge in [-0.25, -0.2) is 0 Å². The average molecular weight is 241 g/mol. The Hall–Kier alpha value is 0.310. The molecule has 0 bridgehead atoms. The highest BCUT2D eigenvalue weighted by Crippen LogP contribution is 2.26. The van der Waals surface area contributed by atoms with Crippen molar-refractivity contribution in [2.45, 2.75) is 70.4 Å². The molecule has 1 saturated carbocycles. The summed E-state index contributed by atoms with van der Waals surface area (Å²) in [5.74, 6) is 3.70. The zero-order valence-electron chi connectivity index (χ0n) is 10.7. The molecule has 2 heteroatoms. The van der Waals surface area contributed by atoms with Gasteiger partial charge in [-0.15, -0.1) is 0 Å². The van der Waals surface area contributed by atoms with Crippen LogP contribution in [0.5, 0.6) is 0 Å². The second-order valence-electron chi connectivity index (χ2n) is 5.59. The van der Waals surface area contributed by atoms with Crippen molar-refractivity contribution in [2.75, 3.05) is 11.5 Å². The van der Waals surface area contributed by atoms with Crippen molar-refractivity contribution in [1.29, 1.82) is 0 Å². The maximum atomic E-state index is 3.90. The van der Waals surface area contributed by atoms with Gasteiger partial charge in [0.25, 0.3) is 0 Å². The molecule has 0 aromatic heterocycles. The highest BCUT2D eigenvalue weighted by atomic mass is 32.2. The van der Waals surface area contributed by atoms with Gasteiger partial charge < -0.3 is 5.32 Å². The zero-order chi connectivity index (χ0) is 11.2. The molecule has 16 heavy (non-hydrogen) atoms. The largest absolute Gasteiger partial charge is 0.311 e. The molecule has 0 radical (unpaired) electrons. The molecule has 0 unspecified atom stereocenters. The van der Waals surface area contributed by atoms with Crippen molar-refractivity contribution in [3.63, 3.8) is 0 Å². The number of nitrogens with one attached hydrogen (secondary N) is 1. The summed E-state index contributed by atoms with van der Waals surface area (Å²) in [6.45, 7) is 2.43. The fourth-order valence-corrected chi connectivity index (χ4v) is 4.29. The van der Waals surface area contributed by atoms with E-state index in [1.807, 2.05) is 0 Å². The van der Waals surface area contributed by atoms with Gasteiger partial charge in [-0.2, -0.15) is 11.8 Å². The van der Waals surface area contributed by atoms with Gasteiger partial charge in [0.05, 0.1) is 0 Å². The maximum Gasteiger partial charge on any atom is 0.00853 e. The molecular weight excluding hydrogens is 214 g/mol. The van der Waals surface area contributed by atoms with Gasteiger partial charge in [0.2, 0.25) is 0 Å². The minimum Gasteiger partial charge on any atom is -0.311 e. The molecule has 94 valence electrons. The summed E-state index contributed by atoms with van der Waals surface area (Å²) in [4.78, 5) is 0. The molecular formula is C14H27NS. The van der Waals surface area contributed by atoms with E-state index >= 15 is 0 Å². The lowest BCUT2D eigenvalue weighted by atomic mass is 9.92. The summed E-state index contributed by atoms with van der Waals surface area (Å²) in [7, 11) is 0. The maximum absolute atomic E-state index is 3.90. The van der Waals surface area contributed by atoms with Crippen LogP contribution in [0.2, 0.25) is 0 Å². The molecule has 1 atom stereocenters. The minimum atomic E-state index is 0.756. The second-order valence-corrected chi connectivity index (χ2v) is 6.82. The van der Waals surface area contributed by atoms with Crippen molar-refractivity contribution in [2.24, 2.45) is 5.92 Å². The first kappa shape index (κ1) is 12.8. The van der Waals surface area contributed by atoms with Crippen molar-refractivity contribution in [3.8, 4) is 0 Å². The summed E-state index contributed by atoms with van der Waals surface area (Å²) in [6, 6.07) is 1.57. The molecule has 1 N–H and O–H groups in total. The minimum absolute atomic E-state index is 0.756. The second kappa shape index (κ2) is 6.90. The van der Waals surface area contributed by atoms with Crippen molar-refractivity contribution < 1.29 is 0 Å². The van der Waals surface area contributed by atoms with Gasteiger partial charge in [-0.3, -0.25) is 0 Å². The van der Waals surface area contributed by atoms with Crippen LogP contribution >= 0.6 is 11.8 Å². The van der Waals surface area contributed by atoms with E-state index in [2.05, 4.69) is 24.0 Å². The van der Waals surface area contributed by atoms with Crippen LogP contribution in [0.15, 0.2) is 0 Å². The summed E-state index contributed by atoms with van der Waals surface area (Å²) in [6.07, 6.45) is 11.6. The van der Waals surface area contributed by atoms with Crippen molar-refractivity contribution >= 4 is 11.8 Å². The Balaban J connectivity index is 1.74. The first-order valence-electron chi connectivity index (χ1n) is 7.20. The number of rotatable bonds is 3. The first-order chi connectivity index (χ1) is 7.86. The zero-order valence-corrected chi connectivity index (χ0v) is 11.5. The van der Waals surface area contributed by atoms with E-state index in [0.29, 0.717) is 0 Å². The third-order valence-corrected chi connectivity index (χ3v) is 5.38. The molecule has 2 aliphatic rings. The Morgan fingerprint density at radius 1 is 0.938 bits per heavy atom. The normalized spacial score (nSPS) is 27.6. The van der Waals surface area contributed by atoms with E-state index in [4.69, 9.17) is 0 Å². The number of hydrogen-bond acceptors (Lipinski definition) is 2. The molecule has 0 aromatic rings. The molecule has 2 rings (SSSR count). The van der Waals surface area contributed by atoms with Crippen molar-refractivity contribution in [3.05, 3.63) is 0 Å². The molecule has 1 heterocycles. The average Bonchev–Trinajstić information content (AvgIpc) is 2.59. The lowest BCUT2D eigenvalue weighted by molar-refractivity contribution is 0.301. The van der Waals surface area contributed by atoms with Gasteiger partial charge in [-0.05, 0) is 50.0 Å². The molecule has 1 aliphatic heterocycles. The third-order valence-electron chi connectivity index (χ3n) is 4.33. The SMILES string of the molecule is C[C@H](NC1CCSCC1)C1CCCCCC1. The van der Waals surface area contributed by atoms with Crippen LogP contribution in [0.25, 0.3) is 0 Å². The molecule has 1 nitrogen and oxygen atoms in total. The van der Waals surface area contributed by atoms with Crippen LogP contribution < -0.4 is 5.32 Å². The van der Waals surface area contributed by atoms with E-state index in [1.165, 1.54) is 62.9 Å². The third kappa shape index (κ3) is 3.96. The van der Waals surface area contributed by atoms with Gasteiger partial charge in [0.15, 0.2) is 0 Å². The number of hydrogen-bond donors (Lipinski definition) is 1. The van der Waals surface area contributed by atoms with Gasteiger partial charge in [0.1, 0.15) is 0 Å². The Labute approximate surface area is 105 Å². The summed E-state index contributed by atoms with van der Waals surface area (Å²) in [5.41, 5.74) is 0. The standard InChI is InChI=1S/C14H27NS/c1-12(13-6-4-2-3-5-7-13)15-14-8-10-16-11-9-14/h12-15H,2-11H2,1H3/t12-/m0/s1. The van der Waals surface area contributed by atoms with Crippen LogP contribution in [0.3, 0.4) is 0 Å². The number of thioether (sulfide) groups is 1. The van der Waals surface area contributed by atoms with Gasteiger partial charge in [-0.1, -0.05) is 25.7 Å². The fourth-order valence-electron chi connectivity index (χ4n) is 3.18. The predicted molar refractivity (Wildman–Crippen MR) is 74.1 cm³/mol. The van der Waals surface area contributed by atoms with E-state index in [0.717, 1.165) is 18.0 Å². The van der Waals surface area contributed by atoms with E-state index < -0.39 is 0 Å². The Morgan fingerprint density at radius 2 is 1.56 bits per heavy atom. The van der Waals surface area contributed by atoms with Crippen LogP contribution in [-0.2, 0) is 0 Å². The fraction of sp³-hybridized carbons (Fsp3) is 1.00. The molecule has 0 spiro atoms. The van der Waals surface area contributed by atoms with Crippen molar-refractivity contribution in [1.82, 2.24) is 5.32 Å². The lowest BCUT2D eigenvalue weighted by Crippen LogP contribution is -2.42. The van der Waals surface area contributed by atoms with E-state index in [-0.39, 0.29) is 0 Å². The van der Waals surface area contributed by atoms with E-state index in [9.17, 15) is 0 Å². The van der Waals surface area contributed by atoms with E-state index in [1.54, 1.807) is 0 Å². The predicted octanol–water partition coefficient (Wildman–Crippen LogP) is 3.83. The van der Waals surface area contributed by atoms with Crippen LogP contribution in [0, 0.1) is 5.92 Å². The smallest absolute Gasteiger partial charge is 0.00853 e. The Bertz CT molecular complexity index is 181. The lowest BCUT2D eigenvalue weighted by Gasteiger charge is -2.30. The molecule has 0 amide bonds. The highest BCUT2D eigenvalue weighted by molar-refractivity contribution is 7.99. The highest BCUT2D eigenvalue weighted by Gasteiger charge is 2.22.